The summed E-state index contributed by atoms with van der Waals surface area (Å²) in [7, 11) is 0. The van der Waals surface area contributed by atoms with Gasteiger partial charge in [0.15, 0.2) is 0 Å². The second-order valence-corrected chi connectivity index (χ2v) is 4.04. The van der Waals surface area contributed by atoms with Crippen molar-refractivity contribution in [3.63, 3.8) is 0 Å². The summed E-state index contributed by atoms with van der Waals surface area (Å²) in [6.45, 7) is 0.285. The van der Waals surface area contributed by atoms with E-state index < -0.39 is 0 Å². The minimum absolute atomic E-state index is 0.0613. The fourth-order valence-corrected chi connectivity index (χ4v) is 1.48. The van der Waals surface area contributed by atoms with Gasteiger partial charge in [0.1, 0.15) is 5.75 Å². The predicted octanol–water partition coefficient (Wildman–Crippen LogP) is 3.35. The molecule has 1 aromatic carbocycles. The van der Waals surface area contributed by atoms with Gasteiger partial charge in [-0.2, -0.15) is 0 Å². The van der Waals surface area contributed by atoms with Crippen LogP contribution in [-0.2, 0) is 0 Å². The normalized spacial score (nSPS) is 10.1. The highest BCUT2D eigenvalue weighted by molar-refractivity contribution is 6.43. The lowest BCUT2D eigenvalue weighted by Gasteiger charge is -2.08. The first-order valence-corrected chi connectivity index (χ1v) is 5.24. The molecule has 0 radical (unpaired) electrons. The highest BCUT2D eigenvalue weighted by atomic mass is 35.5. The summed E-state index contributed by atoms with van der Waals surface area (Å²) in [6.07, 6.45) is 0.344. The van der Waals surface area contributed by atoms with Crippen LogP contribution < -0.4 is 10.5 Å². The van der Waals surface area contributed by atoms with Crippen molar-refractivity contribution in [1.82, 2.24) is 0 Å². The Bertz CT molecular complexity index is 382. The Labute approximate surface area is 103 Å². The predicted molar refractivity (Wildman–Crippen MR) is 63.5 cm³/mol. The molecular weight excluding hydrogens is 258 g/mol. The summed E-state index contributed by atoms with van der Waals surface area (Å²) in [6, 6.07) is 3.04. The largest absolute Gasteiger partial charge is 0.492 e. The molecule has 0 aliphatic carbocycles. The van der Waals surface area contributed by atoms with Crippen LogP contribution in [0, 0.1) is 5.41 Å². The molecule has 1 rings (SSSR count). The van der Waals surface area contributed by atoms with Crippen molar-refractivity contribution in [2.45, 2.75) is 6.42 Å². The van der Waals surface area contributed by atoms with Crippen molar-refractivity contribution < 1.29 is 4.74 Å². The molecule has 0 amide bonds. The Balaban J connectivity index is 2.69. The highest BCUT2D eigenvalue weighted by Crippen LogP contribution is 2.33. The second-order valence-electron chi connectivity index (χ2n) is 2.82. The van der Waals surface area contributed by atoms with Gasteiger partial charge in [-0.15, -0.1) is 0 Å². The monoisotopic (exact) mass is 266 g/mol. The lowest BCUT2D eigenvalue weighted by atomic mass is 10.3. The molecule has 0 aromatic heterocycles. The zero-order valence-electron chi connectivity index (χ0n) is 7.69. The zero-order valence-corrected chi connectivity index (χ0v) is 9.96. The number of rotatable bonds is 4. The summed E-state index contributed by atoms with van der Waals surface area (Å²) in [5.74, 6) is 0.499. The summed E-state index contributed by atoms with van der Waals surface area (Å²) >= 11 is 17.4. The van der Waals surface area contributed by atoms with E-state index in [0.29, 0.717) is 27.2 Å². The van der Waals surface area contributed by atoms with Gasteiger partial charge in [-0.1, -0.05) is 34.8 Å². The van der Waals surface area contributed by atoms with Crippen molar-refractivity contribution in [2.75, 3.05) is 6.61 Å². The third kappa shape index (κ3) is 3.78. The van der Waals surface area contributed by atoms with Gasteiger partial charge in [0.05, 0.1) is 27.5 Å². The molecule has 0 unspecified atom stereocenters. The van der Waals surface area contributed by atoms with Crippen LogP contribution >= 0.6 is 34.8 Å². The van der Waals surface area contributed by atoms with E-state index in [4.69, 9.17) is 50.7 Å². The van der Waals surface area contributed by atoms with E-state index in [1.165, 1.54) is 12.1 Å². The van der Waals surface area contributed by atoms with Crippen LogP contribution in [0.5, 0.6) is 5.75 Å². The summed E-state index contributed by atoms with van der Waals surface area (Å²) in [5, 5.41) is 8.14. The van der Waals surface area contributed by atoms with E-state index in [-0.39, 0.29) is 12.4 Å². The standard InChI is InChI=1S/C9H9Cl3N2O/c10-5-3-7(12)8(4-6(5)11)15-2-1-9(13)14/h3-4H,1-2H2,(H3,13,14). The Morgan fingerprint density at radius 2 is 1.80 bits per heavy atom. The number of hydrogen-bond donors (Lipinski definition) is 2. The van der Waals surface area contributed by atoms with Crippen molar-refractivity contribution in [3.8, 4) is 5.75 Å². The van der Waals surface area contributed by atoms with Crippen LogP contribution in [0.3, 0.4) is 0 Å². The van der Waals surface area contributed by atoms with Gasteiger partial charge >= 0.3 is 0 Å². The number of benzene rings is 1. The number of nitrogens with one attached hydrogen (secondary N) is 1. The molecule has 0 saturated heterocycles. The van der Waals surface area contributed by atoms with Crippen molar-refractivity contribution >= 4 is 40.6 Å². The third-order valence-corrected chi connectivity index (χ3v) is 2.62. The molecule has 0 spiro atoms. The van der Waals surface area contributed by atoms with Gasteiger partial charge in [0.2, 0.25) is 0 Å². The summed E-state index contributed by atoms with van der Waals surface area (Å²) in [4.78, 5) is 0. The van der Waals surface area contributed by atoms with Gasteiger partial charge in [-0.25, -0.2) is 0 Å². The van der Waals surface area contributed by atoms with Crippen LogP contribution in [0.25, 0.3) is 0 Å². The number of halogens is 3. The van der Waals surface area contributed by atoms with E-state index in [2.05, 4.69) is 0 Å². The van der Waals surface area contributed by atoms with Crippen LogP contribution in [-0.4, -0.2) is 12.4 Å². The maximum atomic E-state index is 7.01. The molecule has 0 aliphatic rings. The summed E-state index contributed by atoms with van der Waals surface area (Å²) < 4.78 is 5.29. The van der Waals surface area contributed by atoms with E-state index in [9.17, 15) is 0 Å². The Morgan fingerprint density at radius 3 is 2.40 bits per heavy atom. The molecule has 6 heteroatoms. The SMILES string of the molecule is N=C(N)CCOc1cc(Cl)c(Cl)cc1Cl. The molecule has 0 bridgehead atoms. The zero-order chi connectivity index (χ0) is 11.4. The molecule has 82 valence electrons. The number of nitrogens with two attached hydrogens (primary N) is 1. The van der Waals surface area contributed by atoms with Gasteiger partial charge in [0.25, 0.3) is 0 Å². The second kappa shape index (κ2) is 5.45. The maximum Gasteiger partial charge on any atom is 0.139 e. The number of ether oxygens (including phenoxy) is 1. The van der Waals surface area contributed by atoms with Crippen molar-refractivity contribution in [1.29, 1.82) is 5.41 Å². The molecule has 3 nitrogen and oxygen atoms in total. The average Bonchev–Trinajstić information content (AvgIpc) is 2.13. The van der Waals surface area contributed by atoms with Gasteiger partial charge < -0.3 is 10.5 Å². The van der Waals surface area contributed by atoms with Crippen LogP contribution in [0.1, 0.15) is 6.42 Å². The minimum atomic E-state index is 0.0613. The topological polar surface area (TPSA) is 59.1 Å². The number of amidine groups is 1. The molecule has 0 fully saturated rings. The highest BCUT2D eigenvalue weighted by Gasteiger charge is 2.06. The van der Waals surface area contributed by atoms with E-state index >= 15 is 0 Å². The van der Waals surface area contributed by atoms with Gasteiger partial charge in [-0.05, 0) is 6.07 Å². The lowest BCUT2D eigenvalue weighted by molar-refractivity contribution is 0.329. The minimum Gasteiger partial charge on any atom is -0.492 e. The molecule has 0 heterocycles. The van der Waals surface area contributed by atoms with Crippen molar-refractivity contribution in [3.05, 3.63) is 27.2 Å². The van der Waals surface area contributed by atoms with Crippen LogP contribution in [0.2, 0.25) is 15.1 Å². The first-order valence-electron chi connectivity index (χ1n) is 4.11. The fourth-order valence-electron chi connectivity index (χ4n) is 0.886. The lowest BCUT2D eigenvalue weighted by Crippen LogP contribution is -2.13. The Kier molecular flexibility index (Phi) is 4.51. The van der Waals surface area contributed by atoms with Crippen LogP contribution in [0.15, 0.2) is 12.1 Å². The third-order valence-electron chi connectivity index (χ3n) is 1.60. The van der Waals surface area contributed by atoms with E-state index in [1.54, 1.807) is 0 Å². The molecule has 0 saturated carbocycles. The fraction of sp³-hybridized carbons (Fsp3) is 0.222. The molecule has 15 heavy (non-hydrogen) atoms. The average molecular weight is 268 g/mol. The van der Waals surface area contributed by atoms with E-state index in [0.717, 1.165) is 0 Å². The first kappa shape index (κ1) is 12.4. The van der Waals surface area contributed by atoms with E-state index in [1.807, 2.05) is 0 Å². The van der Waals surface area contributed by atoms with Gasteiger partial charge in [-0.3, -0.25) is 5.41 Å². The van der Waals surface area contributed by atoms with Gasteiger partial charge in [0, 0.05) is 12.5 Å². The molecule has 1 aromatic rings. The Hall–Kier alpha value is -0.640. The molecule has 3 N–H and O–H groups in total. The molecule has 0 atom stereocenters. The smallest absolute Gasteiger partial charge is 0.139 e. The van der Waals surface area contributed by atoms with Crippen molar-refractivity contribution in [2.24, 2.45) is 5.73 Å². The quantitative estimate of drug-likeness (QED) is 0.499. The molecule has 0 aliphatic heterocycles. The molecular formula is C9H9Cl3N2O. The first-order chi connectivity index (χ1) is 7.00. The number of hydrogen-bond acceptors (Lipinski definition) is 2. The Morgan fingerprint density at radius 1 is 1.20 bits per heavy atom. The summed E-state index contributed by atoms with van der Waals surface area (Å²) in [5.41, 5.74) is 5.17. The van der Waals surface area contributed by atoms with Crippen LogP contribution in [0.4, 0.5) is 0 Å². The maximum absolute atomic E-state index is 7.01.